The lowest BCUT2D eigenvalue weighted by atomic mass is 10.1. The summed E-state index contributed by atoms with van der Waals surface area (Å²) < 4.78 is 10.9. The molecule has 1 rings (SSSR count). The van der Waals surface area contributed by atoms with Crippen molar-refractivity contribution in [1.29, 1.82) is 0 Å². The van der Waals surface area contributed by atoms with Crippen LogP contribution in [0, 0.1) is 0 Å². The van der Waals surface area contributed by atoms with Gasteiger partial charge in [-0.3, -0.25) is 0 Å². The second-order valence-corrected chi connectivity index (χ2v) is 5.58. The molecule has 1 saturated heterocycles. The molecule has 0 spiro atoms. The van der Waals surface area contributed by atoms with E-state index in [-0.39, 0.29) is 12.1 Å². The van der Waals surface area contributed by atoms with E-state index in [9.17, 15) is 5.11 Å². The Balaban J connectivity index is 1.81. The predicted octanol–water partition coefficient (Wildman–Crippen LogP) is 2.23. The summed E-state index contributed by atoms with van der Waals surface area (Å²) in [6.45, 7) is 3.91. The van der Waals surface area contributed by atoms with Gasteiger partial charge in [-0.15, -0.1) is 0 Å². The van der Waals surface area contributed by atoms with Crippen molar-refractivity contribution >= 4 is 0 Å². The molecule has 4 heteroatoms. The van der Waals surface area contributed by atoms with Gasteiger partial charge in [0, 0.05) is 6.61 Å². The maximum Gasteiger partial charge on any atom is 0.108 e. The Morgan fingerprint density at radius 1 is 1.11 bits per heavy atom. The first-order valence-corrected chi connectivity index (χ1v) is 7.88. The number of ether oxygens (including phenoxy) is 2. The van der Waals surface area contributed by atoms with Crippen LogP contribution >= 0.6 is 0 Å². The summed E-state index contributed by atoms with van der Waals surface area (Å²) in [5.74, 6) is 0. The SMILES string of the molecule is CCCCCCCCCCOC[C@@H]1OC[C@H](N)[C@H]1O. The second kappa shape index (κ2) is 10.6. The lowest BCUT2D eigenvalue weighted by Crippen LogP contribution is -2.38. The zero-order valence-electron chi connectivity index (χ0n) is 12.4. The van der Waals surface area contributed by atoms with Crippen molar-refractivity contribution in [3.63, 3.8) is 0 Å². The van der Waals surface area contributed by atoms with Crippen molar-refractivity contribution in [3.05, 3.63) is 0 Å². The summed E-state index contributed by atoms with van der Waals surface area (Å²) in [6, 6.07) is -0.253. The first kappa shape index (κ1) is 16.9. The van der Waals surface area contributed by atoms with Crippen LogP contribution in [0.25, 0.3) is 0 Å². The summed E-state index contributed by atoms with van der Waals surface area (Å²) in [7, 11) is 0. The lowest BCUT2D eigenvalue weighted by Gasteiger charge is -2.15. The van der Waals surface area contributed by atoms with Crippen molar-refractivity contribution in [2.75, 3.05) is 19.8 Å². The molecule has 1 fully saturated rings. The van der Waals surface area contributed by atoms with Crippen LogP contribution in [0.2, 0.25) is 0 Å². The largest absolute Gasteiger partial charge is 0.389 e. The van der Waals surface area contributed by atoms with E-state index in [0.29, 0.717) is 13.2 Å². The van der Waals surface area contributed by atoms with Crippen LogP contribution in [0.15, 0.2) is 0 Å². The smallest absolute Gasteiger partial charge is 0.108 e. The number of rotatable bonds is 11. The number of nitrogens with two attached hydrogens (primary N) is 1. The number of hydrogen-bond donors (Lipinski definition) is 2. The molecule has 3 N–H and O–H groups in total. The molecular formula is C15H31NO3. The highest BCUT2D eigenvalue weighted by Gasteiger charge is 2.33. The van der Waals surface area contributed by atoms with Gasteiger partial charge in [-0.05, 0) is 6.42 Å². The molecule has 1 heterocycles. The van der Waals surface area contributed by atoms with Gasteiger partial charge >= 0.3 is 0 Å². The van der Waals surface area contributed by atoms with E-state index in [4.69, 9.17) is 15.2 Å². The molecular weight excluding hydrogens is 242 g/mol. The summed E-state index contributed by atoms with van der Waals surface area (Å²) in [5, 5.41) is 9.67. The summed E-state index contributed by atoms with van der Waals surface area (Å²) in [4.78, 5) is 0. The minimum Gasteiger partial charge on any atom is -0.389 e. The maximum atomic E-state index is 9.67. The van der Waals surface area contributed by atoms with Crippen LogP contribution < -0.4 is 5.73 Å². The zero-order chi connectivity index (χ0) is 13.9. The Labute approximate surface area is 117 Å². The van der Waals surface area contributed by atoms with Gasteiger partial charge < -0.3 is 20.3 Å². The van der Waals surface area contributed by atoms with Gasteiger partial charge in [-0.1, -0.05) is 51.9 Å². The first-order valence-electron chi connectivity index (χ1n) is 7.88. The monoisotopic (exact) mass is 273 g/mol. The van der Waals surface area contributed by atoms with Crippen molar-refractivity contribution < 1.29 is 14.6 Å². The van der Waals surface area contributed by atoms with E-state index >= 15 is 0 Å². The van der Waals surface area contributed by atoms with Gasteiger partial charge in [0.1, 0.15) is 6.10 Å². The molecule has 0 aromatic heterocycles. The molecule has 0 amide bonds. The van der Waals surface area contributed by atoms with Crippen molar-refractivity contribution in [1.82, 2.24) is 0 Å². The highest BCUT2D eigenvalue weighted by atomic mass is 16.5. The van der Waals surface area contributed by atoms with E-state index in [1.54, 1.807) is 0 Å². The molecule has 114 valence electrons. The van der Waals surface area contributed by atoms with Gasteiger partial charge in [0.2, 0.25) is 0 Å². The van der Waals surface area contributed by atoms with Gasteiger partial charge in [-0.25, -0.2) is 0 Å². The topological polar surface area (TPSA) is 64.7 Å². The summed E-state index contributed by atoms with van der Waals surface area (Å²) >= 11 is 0. The fourth-order valence-electron chi connectivity index (χ4n) is 2.39. The Hall–Kier alpha value is -0.160. The zero-order valence-corrected chi connectivity index (χ0v) is 12.4. The predicted molar refractivity (Wildman–Crippen MR) is 77.2 cm³/mol. The van der Waals surface area contributed by atoms with Gasteiger partial charge in [-0.2, -0.15) is 0 Å². The van der Waals surface area contributed by atoms with Crippen molar-refractivity contribution in [2.24, 2.45) is 5.73 Å². The third kappa shape index (κ3) is 7.25. The van der Waals surface area contributed by atoms with Gasteiger partial charge in [0.15, 0.2) is 0 Å². The lowest BCUT2D eigenvalue weighted by molar-refractivity contribution is -0.0251. The molecule has 19 heavy (non-hydrogen) atoms. The van der Waals surface area contributed by atoms with Gasteiger partial charge in [0.25, 0.3) is 0 Å². The third-order valence-electron chi connectivity index (χ3n) is 3.75. The summed E-state index contributed by atoms with van der Waals surface area (Å²) in [5.41, 5.74) is 5.66. The molecule has 0 aromatic carbocycles. The number of aliphatic hydroxyl groups is 1. The van der Waals surface area contributed by atoms with E-state index in [2.05, 4.69) is 6.92 Å². The number of aliphatic hydroxyl groups excluding tert-OH is 1. The van der Waals surface area contributed by atoms with E-state index in [1.165, 1.54) is 44.9 Å². The molecule has 0 saturated carbocycles. The summed E-state index contributed by atoms with van der Waals surface area (Å²) in [6.07, 6.45) is 9.62. The van der Waals surface area contributed by atoms with Crippen molar-refractivity contribution in [2.45, 2.75) is 76.5 Å². The third-order valence-corrected chi connectivity index (χ3v) is 3.75. The average Bonchev–Trinajstić information content (AvgIpc) is 2.73. The molecule has 0 aliphatic carbocycles. The molecule has 0 bridgehead atoms. The van der Waals surface area contributed by atoms with Crippen LogP contribution in [0.5, 0.6) is 0 Å². The highest BCUT2D eigenvalue weighted by Crippen LogP contribution is 2.13. The highest BCUT2D eigenvalue weighted by molar-refractivity contribution is 4.85. The Kier molecular flexibility index (Phi) is 9.43. The number of unbranched alkanes of at least 4 members (excludes halogenated alkanes) is 7. The first-order chi connectivity index (χ1) is 9.25. The minimum atomic E-state index is -0.571. The fourth-order valence-corrected chi connectivity index (χ4v) is 2.39. The maximum absolute atomic E-state index is 9.67. The van der Waals surface area contributed by atoms with Crippen LogP contribution in [0.4, 0.5) is 0 Å². The fraction of sp³-hybridized carbons (Fsp3) is 1.00. The van der Waals surface area contributed by atoms with Crippen LogP contribution in [-0.2, 0) is 9.47 Å². The molecule has 0 unspecified atom stereocenters. The number of hydrogen-bond acceptors (Lipinski definition) is 4. The Morgan fingerprint density at radius 3 is 2.32 bits per heavy atom. The van der Waals surface area contributed by atoms with Crippen LogP contribution in [0.1, 0.15) is 58.3 Å². The Bertz CT molecular complexity index is 214. The molecule has 4 nitrogen and oxygen atoms in total. The van der Waals surface area contributed by atoms with Crippen molar-refractivity contribution in [3.8, 4) is 0 Å². The molecule has 3 atom stereocenters. The van der Waals surface area contributed by atoms with E-state index in [0.717, 1.165) is 13.0 Å². The van der Waals surface area contributed by atoms with Gasteiger partial charge in [0.05, 0.1) is 25.4 Å². The second-order valence-electron chi connectivity index (χ2n) is 5.58. The molecule has 0 radical (unpaired) electrons. The average molecular weight is 273 g/mol. The minimum absolute atomic E-state index is 0.232. The van der Waals surface area contributed by atoms with Crippen LogP contribution in [-0.4, -0.2) is 43.2 Å². The molecule has 0 aromatic rings. The quantitative estimate of drug-likeness (QED) is 0.567. The molecule has 1 aliphatic heterocycles. The van der Waals surface area contributed by atoms with E-state index in [1.807, 2.05) is 0 Å². The van der Waals surface area contributed by atoms with E-state index < -0.39 is 6.10 Å². The standard InChI is InChI=1S/C15H31NO3/c1-2-3-4-5-6-7-8-9-10-18-12-14-15(17)13(16)11-19-14/h13-15,17H,2-12,16H2,1H3/t13-,14-,15+/m0/s1. The molecule has 1 aliphatic rings. The van der Waals surface area contributed by atoms with Crippen LogP contribution in [0.3, 0.4) is 0 Å². The Morgan fingerprint density at radius 2 is 1.74 bits per heavy atom. The normalized spacial score (nSPS) is 27.0.